The van der Waals surface area contributed by atoms with Gasteiger partial charge in [0.1, 0.15) is 11.2 Å². The second-order valence-corrected chi connectivity index (χ2v) is 14.7. The number of benzene rings is 2. The highest BCUT2D eigenvalue weighted by Gasteiger charge is 2.27. The number of aliphatic carboxylic acids is 1. The Morgan fingerprint density at radius 3 is 1.61 bits per heavy atom. The Morgan fingerprint density at radius 2 is 1.16 bits per heavy atom. The summed E-state index contributed by atoms with van der Waals surface area (Å²) in [6, 6.07) is 7.00. The summed E-state index contributed by atoms with van der Waals surface area (Å²) in [4.78, 5) is 40.8. The van der Waals surface area contributed by atoms with E-state index in [2.05, 4.69) is 15.1 Å². The zero-order valence-corrected chi connectivity index (χ0v) is 31.2. The molecule has 2 aliphatic heterocycles. The lowest BCUT2D eigenvalue weighted by Crippen LogP contribution is -2.49. The molecule has 2 aromatic rings. The van der Waals surface area contributed by atoms with E-state index < -0.39 is 41.4 Å². The first kappa shape index (κ1) is 41.4. The molecule has 12 nitrogen and oxygen atoms in total. The van der Waals surface area contributed by atoms with Crippen molar-refractivity contribution in [1.29, 1.82) is 0 Å². The van der Waals surface area contributed by atoms with Crippen molar-refractivity contribution in [2.45, 2.75) is 79.7 Å². The summed E-state index contributed by atoms with van der Waals surface area (Å²) in [5.41, 5.74) is 1.07. The molecule has 0 aliphatic carbocycles. The van der Waals surface area contributed by atoms with Gasteiger partial charge in [-0.1, -0.05) is 24.3 Å². The molecule has 4 rings (SSSR count). The lowest BCUT2D eigenvalue weighted by Gasteiger charge is -2.35. The van der Waals surface area contributed by atoms with Gasteiger partial charge in [0, 0.05) is 76.6 Å². The Hall–Kier alpha value is -4.01. The van der Waals surface area contributed by atoms with Crippen LogP contribution in [0.5, 0.6) is 11.5 Å². The predicted molar refractivity (Wildman–Crippen MR) is 188 cm³/mol. The van der Waals surface area contributed by atoms with Gasteiger partial charge >= 0.3 is 18.0 Å². The van der Waals surface area contributed by atoms with Gasteiger partial charge in [0.15, 0.2) is 36.3 Å². The van der Waals surface area contributed by atoms with Crippen molar-refractivity contribution < 1.29 is 47.2 Å². The third-order valence-corrected chi connectivity index (χ3v) is 7.86. The average Bonchev–Trinajstić information content (AvgIpc) is 3.03. The van der Waals surface area contributed by atoms with Crippen LogP contribution >= 0.6 is 0 Å². The Kier molecular flexibility index (Phi) is 15.0. The number of carbonyl (C=O) groups excluding carboxylic acids is 2. The number of halogens is 2. The van der Waals surface area contributed by atoms with Crippen molar-refractivity contribution in [3.8, 4) is 11.5 Å². The molecule has 2 aromatic carbocycles. The molecule has 0 spiro atoms. The van der Waals surface area contributed by atoms with E-state index in [4.69, 9.17) is 24.1 Å². The van der Waals surface area contributed by atoms with Crippen molar-refractivity contribution in [2.24, 2.45) is 0 Å². The molecule has 2 N–H and O–H groups in total. The molecule has 2 aliphatic rings. The summed E-state index contributed by atoms with van der Waals surface area (Å²) in [6.07, 6.45) is -0.324. The van der Waals surface area contributed by atoms with Crippen LogP contribution in [-0.4, -0.2) is 115 Å². The minimum absolute atomic E-state index is 0.0610. The molecule has 0 radical (unpaired) electrons. The number of amides is 1. The van der Waals surface area contributed by atoms with Crippen molar-refractivity contribution in [1.82, 2.24) is 20.0 Å². The number of carboxylic acid groups (broad SMARTS) is 1. The monoisotopic (exact) mass is 720 g/mol. The van der Waals surface area contributed by atoms with E-state index in [1.54, 1.807) is 57.7 Å². The number of hydrogen-bond donors (Lipinski definition) is 2. The molecule has 2 heterocycles. The van der Waals surface area contributed by atoms with Crippen LogP contribution in [0.4, 0.5) is 13.6 Å². The molecule has 0 unspecified atom stereocenters. The first-order valence-corrected chi connectivity index (χ1v) is 17.2. The van der Waals surface area contributed by atoms with Gasteiger partial charge in [0.25, 0.3) is 0 Å². The second-order valence-electron chi connectivity index (χ2n) is 14.7. The summed E-state index contributed by atoms with van der Waals surface area (Å²) < 4.78 is 50.2. The largest absolute Gasteiger partial charge is 0.479 e. The maximum absolute atomic E-state index is 14.8. The molecular weight excluding hydrogens is 666 g/mol. The van der Waals surface area contributed by atoms with Crippen molar-refractivity contribution in [3.05, 3.63) is 58.2 Å². The van der Waals surface area contributed by atoms with Crippen molar-refractivity contribution >= 4 is 18.0 Å². The zero-order valence-electron chi connectivity index (χ0n) is 31.2. The van der Waals surface area contributed by atoms with E-state index in [-0.39, 0.29) is 24.2 Å². The van der Waals surface area contributed by atoms with Crippen LogP contribution < -0.4 is 14.8 Å². The van der Waals surface area contributed by atoms with Gasteiger partial charge < -0.3 is 34.3 Å². The SMILES string of the molecule is Cc1ccc(CN2CCN(C(=O)OC(C)(C)C)CC2)c(OCC(=O)OC(C)(C)C)c1F.Cc1ccc(CN2CCNCC2)c(OCC(=O)O)c1F. The highest BCUT2D eigenvalue weighted by molar-refractivity contribution is 5.71. The molecule has 2 saturated heterocycles. The fourth-order valence-corrected chi connectivity index (χ4v) is 5.35. The molecule has 0 saturated carbocycles. The highest BCUT2D eigenvalue weighted by atomic mass is 19.1. The Balaban J connectivity index is 0.000000302. The maximum Gasteiger partial charge on any atom is 0.410 e. The van der Waals surface area contributed by atoms with Gasteiger partial charge in [0.05, 0.1) is 0 Å². The molecule has 0 bridgehead atoms. The fraction of sp³-hybridized carbons (Fsp3) is 0.595. The smallest absolute Gasteiger partial charge is 0.410 e. The van der Waals surface area contributed by atoms with Gasteiger partial charge in [-0.3, -0.25) is 9.80 Å². The number of carbonyl (C=O) groups is 3. The molecule has 0 atom stereocenters. The third kappa shape index (κ3) is 13.9. The molecule has 51 heavy (non-hydrogen) atoms. The summed E-state index contributed by atoms with van der Waals surface area (Å²) >= 11 is 0. The van der Waals surface area contributed by atoms with Crippen LogP contribution in [0.25, 0.3) is 0 Å². The first-order chi connectivity index (χ1) is 23.8. The lowest BCUT2D eigenvalue weighted by molar-refractivity contribution is -0.157. The van der Waals surface area contributed by atoms with E-state index in [1.165, 1.54) is 0 Å². The summed E-state index contributed by atoms with van der Waals surface area (Å²) in [6.45, 7) is 20.1. The lowest BCUT2D eigenvalue weighted by atomic mass is 10.1. The van der Waals surface area contributed by atoms with Gasteiger partial charge in [0.2, 0.25) is 0 Å². The van der Waals surface area contributed by atoms with Crippen LogP contribution in [0.15, 0.2) is 24.3 Å². The standard InChI is InChI=1S/C23H35FN2O5.C14H19FN2O3/c1-16-8-9-17(20(19(16)24)29-15-18(27)30-22(2,3)4)14-25-10-12-26(13-11-25)21(28)31-23(5,6)7;1-10-2-3-11(8-17-6-4-16-5-7-17)14(13(10)15)20-9-12(18)19/h8-9H,10-15H2,1-7H3;2-3,16H,4-9H2,1H3,(H,18,19). The minimum atomic E-state index is -1.11. The fourth-order valence-electron chi connectivity index (χ4n) is 5.35. The van der Waals surface area contributed by atoms with E-state index in [1.807, 2.05) is 26.8 Å². The van der Waals surface area contributed by atoms with Crippen LogP contribution in [0, 0.1) is 25.5 Å². The minimum Gasteiger partial charge on any atom is -0.479 e. The summed E-state index contributed by atoms with van der Waals surface area (Å²) in [5, 5.41) is 11.9. The van der Waals surface area contributed by atoms with Gasteiger partial charge in [-0.05, 0) is 66.5 Å². The third-order valence-electron chi connectivity index (χ3n) is 7.86. The number of piperazine rings is 2. The van der Waals surface area contributed by atoms with Gasteiger partial charge in [-0.2, -0.15) is 0 Å². The predicted octanol–water partition coefficient (Wildman–Crippen LogP) is 4.91. The number of esters is 1. The topological polar surface area (TPSA) is 130 Å². The number of nitrogens with zero attached hydrogens (tertiary/aromatic N) is 3. The first-order valence-electron chi connectivity index (χ1n) is 17.2. The molecule has 2 fully saturated rings. The number of rotatable bonds is 10. The number of ether oxygens (including phenoxy) is 4. The zero-order chi connectivity index (χ0) is 37.9. The van der Waals surface area contributed by atoms with Crippen LogP contribution in [-0.2, 0) is 32.2 Å². The van der Waals surface area contributed by atoms with Gasteiger partial charge in [-0.25, -0.2) is 23.2 Å². The normalized spacial score (nSPS) is 15.8. The Bertz CT molecular complexity index is 1490. The van der Waals surface area contributed by atoms with E-state index >= 15 is 0 Å². The Labute approximate surface area is 299 Å². The quantitative estimate of drug-likeness (QED) is 0.325. The highest BCUT2D eigenvalue weighted by Crippen LogP contribution is 2.29. The maximum atomic E-state index is 14.8. The molecule has 14 heteroatoms. The number of carboxylic acids is 1. The van der Waals surface area contributed by atoms with Crippen molar-refractivity contribution in [2.75, 3.05) is 65.6 Å². The number of nitrogens with one attached hydrogen (secondary N) is 1. The number of aryl methyl sites for hydroxylation is 2. The van der Waals surface area contributed by atoms with Crippen LogP contribution in [0.3, 0.4) is 0 Å². The molecule has 0 aromatic heterocycles. The van der Waals surface area contributed by atoms with E-state index in [0.717, 1.165) is 26.2 Å². The molecule has 1 amide bonds. The van der Waals surface area contributed by atoms with Crippen molar-refractivity contribution in [3.63, 3.8) is 0 Å². The van der Waals surface area contributed by atoms with E-state index in [0.29, 0.717) is 61.5 Å². The second kappa shape index (κ2) is 18.5. The summed E-state index contributed by atoms with van der Waals surface area (Å²) in [5.74, 6) is -2.48. The molecular formula is C37H54F2N4O8. The summed E-state index contributed by atoms with van der Waals surface area (Å²) in [7, 11) is 0. The molecule has 284 valence electrons. The average molecular weight is 721 g/mol. The van der Waals surface area contributed by atoms with E-state index in [9.17, 15) is 23.2 Å². The van der Waals surface area contributed by atoms with Crippen LogP contribution in [0.2, 0.25) is 0 Å². The van der Waals surface area contributed by atoms with Crippen LogP contribution in [0.1, 0.15) is 63.8 Å². The Morgan fingerprint density at radius 1 is 0.706 bits per heavy atom. The van der Waals surface area contributed by atoms with Gasteiger partial charge in [-0.15, -0.1) is 0 Å². The number of hydrogen-bond acceptors (Lipinski definition) is 10.